The number of carbonyl (C=O) groups excluding carboxylic acids is 1. The maximum atomic E-state index is 12.4. The molecule has 31 heavy (non-hydrogen) atoms. The molecule has 0 heterocycles. The molecule has 3 rings (SSSR count). The average molecular weight is 435 g/mol. The lowest BCUT2D eigenvalue weighted by molar-refractivity contribution is -0.384. The molecule has 9 heteroatoms. The summed E-state index contributed by atoms with van der Waals surface area (Å²) in [5, 5.41) is 25.6. The summed E-state index contributed by atoms with van der Waals surface area (Å²) >= 11 is 6.00. The van der Waals surface area contributed by atoms with E-state index in [1.807, 2.05) is 30.3 Å². The van der Waals surface area contributed by atoms with Crippen molar-refractivity contribution in [3.05, 3.63) is 99.7 Å². The zero-order valence-corrected chi connectivity index (χ0v) is 16.7. The lowest BCUT2D eigenvalue weighted by Gasteiger charge is -2.08. The zero-order chi connectivity index (χ0) is 22.2. The highest BCUT2D eigenvalue weighted by Gasteiger charge is 2.12. The molecule has 0 spiro atoms. The van der Waals surface area contributed by atoms with Crippen LogP contribution in [0.3, 0.4) is 0 Å². The van der Waals surface area contributed by atoms with Gasteiger partial charge in [-0.25, -0.2) is 0 Å². The lowest BCUT2D eigenvalue weighted by atomic mass is 10.2. The van der Waals surface area contributed by atoms with Crippen LogP contribution in [0, 0.1) is 21.4 Å². The van der Waals surface area contributed by atoms with Gasteiger partial charge >= 0.3 is 0 Å². The van der Waals surface area contributed by atoms with E-state index in [1.165, 1.54) is 18.2 Å². The quantitative estimate of drug-likeness (QED) is 0.219. The zero-order valence-electron chi connectivity index (χ0n) is 15.9. The van der Waals surface area contributed by atoms with Crippen LogP contribution in [-0.4, -0.2) is 10.8 Å². The molecule has 0 bridgehead atoms. The smallest absolute Gasteiger partial charge is 0.271 e. The predicted octanol–water partition coefficient (Wildman–Crippen LogP) is 5.50. The predicted molar refractivity (Wildman–Crippen MR) is 117 cm³/mol. The maximum Gasteiger partial charge on any atom is 0.271 e. The number of hydrogen-bond donors (Lipinski definition) is 2. The van der Waals surface area contributed by atoms with Crippen LogP contribution >= 0.6 is 11.6 Å². The Hall–Kier alpha value is -4.35. The molecule has 0 aliphatic carbocycles. The van der Waals surface area contributed by atoms with E-state index in [1.54, 1.807) is 30.3 Å². The fourth-order valence-corrected chi connectivity index (χ4v) is 2.64. The van der Waals surface area contributed by atoms with Crippen LogP contribution in [0.4, 0.5) is 17.1 Å². The van der Waals surface area contributed by atoms with Crippen molar-refractivity contribution in [2.24, 2.45) is 0 Å². The van der Waals surface area contributed by atoms with Gasteiger partial charge in [0.15, 0.2) is 0 Å². The highest BCUT2D eigenvalue weighted by Crippen LogP contribution is 2.27. The molecule has 0 unspecified atom stereocenters. The van der Waals surface area contributed by atoms with Crippen molar-refractivity contribution in [1.29, 1.82) is 5.26 Å². The van der Waals surface area contributed by atoms with Gasteiger partial charge in [-0.15, -0.1) is 0 Å². The van der Waals surface area contributed by atoms with Crippen LogP contribution in [0.25, 0.3) is 0 Å². The van der Waals surface area contributed by atoms with Crippen LogP contribution in [-0.2, 0) is 4.79 Å². The Balaban J connectivity index is 1.66. The third kappa shape index (κ3) is 5.82. The van der Waals surface area contributed by atoms with Crippen molar-refractivity contribution < 1.29 is 14.5 Å². The number of nitrogens with one attached hydrogen (secondary N) is 2. The van der Waals surface area contributed by atoms with Crippen molar-refractivity contribution in [2.75, 3.05) is 10.6 Å². The van der Waals surface area contributed by atoms with Crippen LogP contribution in [0.2, 0.25) is 5.02 Å². The van der Waals surface area contributed by atoms with Crippen LogP contribution in [0.1, 0.15) is 0 Å². The number of nitro groups is 1. The van der Waals surface area contributed by atoms with Gasteiger partial charge in [0.1, 0.15) is 23.1 Å². The lowest BCUT2D eigenvalue weighted by Crippen LogP contribution is -2.14. The molecule has 2 N–H and O–H groups in total. The van der Waals surface area contributed by atoms with Gasteiger partial charge in [-0.05, 0) is 42.5 Å². The number of nitro benzene ring substituents is 1. The summed E-state index contributed by atoms with van der Waals surface area (Å²) in [4.78, 5) is 22.7. The third-order valence-corrected chi connectivity index (χ3v) is 4.32. The Bertz CT molecular complexity index is 1170. The topological polar surface area (TPSA) is 117 Å². The first-order valence-electron chi connectivity index (χ1n) is 8.91. The summed E-state index contributed by atoms with van der Waals surface area (Å²) in [6.07, 6.45) is 1.13. The Morgan fingerprint density at radius 1 is 1.06 bits per heavy atom. The average Bonchev–Trinajstić information content (AvgIpc) is 2.77. The fourth-order valence-electron chi connectivity index (χ4n) is 2.47. The van der Waals surface area contributed by atoms with E-state index in [-0.39, 0.29) is 22.0 Å². The first kappa shape index (κ1) is 21.4. The van der Waals surface area contributed by atoms with Gasteiger partial charge in [-0.2, -0.15) is 5.26 Å². The van der Waals surface area contributed by atoms with Gasteiger partial charge < -0.3 is 15.4 Å². The molecule has 0 aromatic heterocycles. The molecule has 0 saturated heterocycles. The van der Waals surface area contributed by atoms with E-state index >= 15 is 0 Å². The number of anilines is 2. The Labute approximate surface area is 182 Å². The molecule has 0 aliphatic rings. The second-order valence-electron chi connectivity index (χ2n) is 6.13. The van der Waals surface area contributed by atoms with Crippen molar-refractivity contribution in [3.63, 3.8) is 0 Å². The summed E-state index contributed by atoms with van der Waals surface area (Å²) < 4.78 is 5.69. The molecule has 3 aromatic rings. The number of rotatable bonds is 7. The molecule has 3 aromatic carbocycles. The SMILES string of the molecule is N#C/C(=C/Nc1cc([N+](=O)[O-])ccc1Cl)C(=O)Nc1ccc(Oc2ccccc2)cc1. The minimum Gasteiger partial charge on any atom is -0.457 e. The molecule has 0 aliphatic heterocycles. The van der Waals surface area contributed by atoms with Gasteiger partial charge in [0.2, 0.25) is 0 Å². The summed E-state index contributed by atoms with van der Waals surface area (Å²) in [5.74, 6) is 0.607. The molecular formula is C22H15ClN4O4. The van der Waals surface area contributed by atoms with Gasteiger partial charge in [-0.3, -0.25) is 14.9 Å². The Kier molecular flexibility index (Phi) is 6.83. The number of carbonyl (C=O) groups is 1. The fraction of sp³-hybridized carbons (Fsp3) is 0. The van der Waals surface area contributed by atoms with Gasteiger partial charge in [0.05, 0.1) is 15.6 Å². The second kappa shape index (κ2) is 9.91. The Morgan fingerprint density at radius 3 is 2.39 bits per heavy atom. The summed E-state index contributed by atoms with van der Waals surface area (Å²) in [5.41, 5.74) is 0.229. The second-order valence-corrected chi connectivity index (χ2v) is 6.54. The first-order valence-corrected chi connectivity index (χ1v) is 9.29. The minimum absolute atomic E-state index is 0.180. The monoisotopic (exact) mass is 434 g/mol. The summed E-state index contributed by atoms with van der Waals surface area (Å²) in [6, 6.07) is 21.4. The number of amides is 1. The first-order chi connectivity index (χ1) is 15.0. The van der Waals surface area contributed by atoms with Crippen molar-refractivity contribution in [2.45, 2.75) is 0 Å². The number of nitriles is 1. The van der Waals surface area contributed by atoms with Gasteiger partial charge in [0, 0.05) is 24.0 Å². The highest BCUT2D eigenvalue weighted by atomic mass is 35.5. The normalized spacial score (nSPS) is 10.6. The van der Waals surface area contributed by atoms with Crippen LogP contribution in [0.5, 0.6) is 11.5 Å². The molecule has 1 amide bonds. The number of para-hydroxylation sites is 1. The maximum absolute atomic E-state index is 12.4. The van der Waals surface area contributed by atoms with E-state index in [0.717, 1.165) is 6.20 Å². The van der Waals surface area contributed by atoms with E-state index < -0.39 is 10.8 Å². The minimum atomic E-state index is -0.659. The standard InChI is InChI=1S/C22H15ClN4O4/c23-20-11-8-17(27(29)30)12-21(20)25-14-15(13-24)22(28)26-16-6-9-19(10-7-16)31-18-4-2-1-3-5-18/h1-12,14,25H,(H,26,28)/b15-14-. The number of benzene rings is 3. The molecular weight excluding hydrogens is 420 g/mol. The molecule has 0 atom stereocenters. The third-order valence-electron chi connectivity index (χ3n) is 3.99. The highest BCUT2D eigenvalue weighted by molar-refractivity contribution is 6.33. The number of hydrogen-bond acceptors (Lipinski definition) is 6. The molecule has 154 valence electrons. The van der Waals surface area contributed by atoms with Gasteiger partial charge in [-0.1, -0.05) is 29.8 Å². The number of nitrogens with zero attached hydrogens (tertiary/aromatic N) is 2. The van der Waals surface area contributed by atoms with Crippen molar-refractivity contribution in [1.82, 2.24) is 0 Å². The summed E-state index contributed by atoms with van der Waals surface area (Å²) in [7, 11) is 0. The summed E-state index contributed by atoms with van der Waals surface area (Å²) in [6.45, 7) is 0. The van der Waals surface area contributed by atoms with E-state index in [2.05, 4.69) is 10.6 Å². The van der Waals surface area contributed by atoms with E-state index in [9.17, 15) is 20.2 Å². The van der Waals surface area contributed by atoms with Crippen molar-refractivity contribution >= 4 is 34.6 Å². The van der Waals surface area contributed by atoms with Gasteiger partial charge in [0.25, 0.3) is 11.6 Å². The van der Waals surface area contributed by atoms with E-state index in [4.69, 9.17) is 16.3 Å². The van der Waals surface area contributed by atoms with Crippen LogP contribution < -0.4 is 15.4 Å². The molecule has 8 nitrogen and oxygen atoms in total. The van der Waals surface area contributed by atoms with Crippen LogP contribution in [0.15, 0.2) is 84.6 Å². The Morgan fingerprint density at radius 2 is 1.74 bits per heavy atom. The largest absolute Gasteiger partial charge is 0.457 e. The molecule has 0 saturated carbocycles. The van der Waals surface area contributed by atoms with Crippen molar-refractivity contribution in [3.8, 4) is 17.6 Å². The molecule has 0 fully saturated rings. The number of ether oxygens (including phenoxy) is 1. The number of halogens is 1. The van der Waals surface area contributed by atoms with E-state index in [0.29, 0.717) is 17.2 Å². The molecule has 0 radical (unpaired) electrons. The number of non-ortho nitro benzene ring substituents is 1.